The van der Waals surface area contributed by atoms with Gasteiger partial charge < -0.3 is 5.11 Å². The molecule has 24 heavy (non-hydrogen) atoms. The number of anilines is 1. The number of amides is 2. The van der Waals surface area contributed by atoms with Gasteiger partial charge in [0.15, 0.2) is 9.84 Å². The lowest BCUT2D eigenvalue weighted by atomic mass is 9.85. The number of aromatic hydroxyl groups is 1. The molecule has 1 saturated heterocycles. The highest BCUT2D eigenvalue weighted by atomic mass is 32.2. The zero-order chi connectivity index (χ0) is 17.2. The van der Waals surface area contributed by atoms with Crippen LogP contribution in [0.1, 0.15) is 13.3 Å². The van der Waals surface area contributed by atoms with Crippen LogP contribution in [-0.2, 0) is 19.4 Å². The smallest absolute Gasteiger partial charge is 0.238 e. The number of sulfone groups is 1. The highest BCUT2D eigenvalue weighted by molar-refractivity contribution is 7.91. The first-order valence-corrected chi connectivity index (χ1v) is 9.62. The molecule has 2 aliphatic carbocycles. The number of hydrogen-bond donors (Lipinski definition) is 1. The van der Waals surface area contributed by atoms with Crippen LogP contribution in [0.4, 0.5) is 5.69 Å². The number of phenols is 1. The Kier molecular flexibility index (Phi) is 3.16. The molecular formula is C17H17NO5S. The van der Waals surface area contributed by atoms with Gasteiger partial charge in [-0.25, -0.2) is 13.3 Å². The molecule has 2 amide bonds. The van der Waals surface area contributed by atoms with Gasteiger partial charge in [0, 0.05) is 0 Å². The molecule has 4 rings (SSSR count). The molecule has 4 atom stereocenters. The van der Waals surface area contributed by atoms with Crippen LogP contribution >= 0.6 is 0 Å². The third-order valence-corrected chi connectivity index (χ3v) is 7.13. The van der Waals surface area contributed by atoms with Gasteiger partial charge in [0.05, 0.1) is 28.2 Å². The summed E-state index contributed by atoms with van der Waals surface area (Å²) in [4.78, 5) is 26.5. The van der Waals surface area contributed by atoms with Gasteiger partial charge in [-0.15, -0.1) is 0 Å². The minimum atomic E-state index is -3.50. The number of rotatable bonds is 3. The van der Waals surface area contributed by atoms with Gasteiger partial charge in [-0.3, -0.25) is 9.59 Å². The minimum Gasteiger partial charge on any atom is -0.506 e. The van der Waals surface area contributed by atoms with E-state index < -0.39 is 21.7 Å². The molecule has 126 valence electrons. The molecule has 1 aromatic carbocycles. The molecule has 0 radical (unpaired) electrons. The molecule has 0 unspecified atom stereocenters. The maximum Gasteiger partial charge on any atom is 0.238 e. The van der Waals surface area contributed by atoms with Crippen LogP contribution in [-0.4, -0.2) is 31.1 Å². The zero-order valence-electron chi connectivity index (χ0n) is 13.0. The molecule has 2 bridgehead atoms. The Hall–Kier alpha value is -2.15. The highest BCUT2D eigenvalue weighted by Crippen LogP contribution is 2.53. The first kappa shape index (κ1) is 15.4. The Bertz CT molecular complexity index is 858. The summed E-state index contributed by atoms with van der Waals surface area (Å²) in [6.45, 7) is 1.52. The monoisotopic (exact) mass is 347 g/mol. The quantitative estimate of drug-likeness (QED) is 0.661. The van der Waals surface area contributed by atoms with Gasteiger partial charge in [-0.2, -0.15) is 0 Å². The van der Waals surface area contributed by atoms with E-state index in [1.54, 1.807) is 0 Å². The van der Waals surface area contributed by atoms with Gasteiger partial charge in [0.1, 0.15) is 5.75 Å². The van der Waals surface area contributed by atoms with E-state index in [0.29, 0.717) is 0 Å². The van der Waals surface area contributed by atoms with Crippen molar-refractivity contribution in [3.63, 3.8) is 0 Å². The number of carbonyl (C=O) groups is 2. The van der Waals surface area contributed by atoms with Crippen molar-refractivity contribution in [1.82, 2.24) is 0 Å². The van der Waals surface area contributed by atoms with Crippen molar-refractivity contribution in [2.75, 3.05) is 10.7 Å². The van der Waals surface area contributed by atoms with E-state index in [1.165, 1.54) is 25.1 Å². The molecule has 1 N–H and O–H groups in total. The Morgan fingerprint density at radius 3 is 2.25 bits per heavy atom. The first-order chi connectivity index (χ1) is 11.3. The van der Waals surface area contributed by atoms with E-state index in [4.69, 9.17) is 0 Å². The molecule has 3 aliphatic rings. The molecule has 1 heterocycles. The summed E-state index contributed by atoms with van der Waals surface area (Å²) >= 11 is 0. The van der Waals surface area contributed by atoms with Crippen LogP contribution in [0, 0.1) is 23.7 Å². The Balaban J connectivity index is 1.79. The normalized spacial score (nSPS) is 31.1. The van der Waals surface area contributed by atoms with Crippen LogP contribution < -0.4 is 4.90 Å². The fourth-order valence-corrected chi connectivity index (χ4v) is 5.08. The SMILES string of the molecule is CCS(=O)(=O)c1ccc(O)c(N2C(=O)[C@@H]3[C@@H](C2=O)[C@H]2C=C[C@H]3C2)c1. The summed E-state index contributed by atoms with van der Waals surface area (Å²) in [6.07, 6.45) is 4.79. The number of nitrogens with zero attached hydrogens (tertiary/aromatic N) is 1. The lowest BCUT2D eigenvalue weighted by Crippen LogP contribution is -2.33. The van der Waals surface area contributed by atoms with Gasteiger partial charge >= 0.3 is 0 Å². The molecule has 7 heteroatoms. The summed E-state index contributed by atoms with van der Waals surface area (Å²) in [7, 11) is -3.50. The minimum absolute atomic E-state index is 0.00319. The average molecular weight is 347 g/mol. The highest BCUT2D eigenvalue weighted by Gasteiger charge is 2.59. The number of imide groups is 1. The number of carbonyl (C=O) groups excluding carboxylic acids is 2. The van der Waals surface area contributed by atoms with Crippen LogP contribution in [0.2, 0.25) is 0 Å². The second-order valence-electron chi connectivity index (χ2n) is 6.57. The van der Waals surface area contributed by atoms with Crippen molar-refractivity contribution in [3.05, 3.63) is 30.4 Å². The maximum absolute atomic E-state index is 12.8. The maximum atomic E-state index is 12.8. The molecule has 6 nitrogen and oxygen atoms in total. The van der Waals surface area contributed by atoms with Crippen LogP contribution in [0.3, 0.4) is 0 Å². The van der Waals surface area contributed by atoms with Crippen molar-refractivity contribution in [3.8, 4) is 5.75 Å². The van der Waals surface area contributed by atoms with Crippen molar-refractivity contribution in [1.29, 1.82) is 0 Å². The Morgan fingerprint density at radius 2 is 1.71 bits per heavy atom. The fraction of sp³-hybridized carbons (Fsp3) is 0.412. The van der Waals surface area contributed by atoms with Crippen molar-refractivity contribution in [2.24, 2.45) is 23.7 Å². The number of benzene rings is 1. The van der Waals surface area contributed by atoms with Gasteiger partial charge in [0.25, 0.3) is 0 Å². The topological polar surface area (TPSA) is 91.8 Å². The predicted octanol–water partition coefficient (Wildman–Crippen LogP) is 1.50. The lowest BCUT2D eigenvalue weighted by Gasteiger charge is -2.19. The predicted molar refractivity (Wildman–Crippen MR) is 86.0 cm³/mol. The molecule has 0 aromatic heterocycles. The van der Waals surface area contributed by atoms with E-state index in [0.717, 1.165) is 11.3 Å². The summed E-state index contributed by atoms with van der Waals surface area (Å²) in [5.41, 5.74) is -0.0340. The third kappa shape index (κ3) is 1.90. The largest absolute Gasteiger partial charge is 0.506 e. The molecular weight excluding hydrogens is 330 g/mol. The number of fused-ring (bicyclic) bond motifs is 5. The van der Waals surface area contributed by atoms with Crippen LogP contribution in [0.25, 0.3) is 0 Å². The second-order valence-corrected chi connectivity index (χ2v) is 8.84. The number of phenolic OH excluding ortho intramolecular Hbond substituents is 1. The van der Waals surface area contributed by atoms with E-state index >= 15 is 0 Å². The molecule has 2 fully saturated rings. The summed E-state index contributed by atoms with van der Waals surface area (Å²) < 4.78 is 24.1. The molecule has 0 spiro atoms. The second kappa shape index (κ2) is 4.92. The van der Waals surface area contributed by atoms with Gasteiger partial charge in [-0.1, -0.05) is 19.1 Å². The van der Waals surface area contributed by atoms with Crippen LogP contribution in [0.5, 0.6) is 5.75 Å². The van der Waals surface area contributed by atoms with Crippen molar-refractivity contribution >= 4 is 27.3 Å². The lowest BCUT2D eigenvalue weighted by molar-refractivity contribution is -0.123. The van der Waals surface area contributed by atoms with E-state index in [1.807, 2.05) is 12.2 Å². The first-order valence-electron chi connectivity index (χ1n) is 7.97. The molecule has 1 aromatic rings. The number of allylic oxidation sites excluding steroid dienone is 2. The Labute approximate surface area is 139 Å². The molecule has 1 saturated carbocycles. The van der Waals surface area contributed by atoms with E-state index in [-0.39, 0.29) is 45.7 Å². The van der Waals surface area contributed by atoms with Gasteiger partial charge in [0.2, 0.25) is 11.8 Å². The van der Waals surface area contributed by atoms with Crippen molar-refractivity contribution in [2.45, 2.75) is 18.2 Å². The molecule has 1 aliphatic heterocycles. The van der Waals surface area contributed by atoms with E-state index in [9.17, 15) is 23.1 Å². The zero-order valence-corrected chi connectivity index (χ0v) is 13.9. The Morgan fingerprint density at radius 1 is 1.12 bits per heavy atom. The van der Waals surface area contributed by atoms with Crippen molar-refractivity contribution < 1.29 is 23.1 Å². The summed E-state index contributed by atoms with van der Waals surface area (Å²) in [5, 5.41) is 10.1. The van der Waals surface area contributed by atoms with E-state index in [2.05, 4.69) is 0 Å². The van der Waals surface area contributed by atoms with Gasteiger partial charge in [-0.05, 0) is 36.5 Å². The summed E-state index contributed by atoms with van der Waals surface area (Å²) in [6, 6.07) is 3.73. The fourth-order valence-electron chi connectivity index (χ4n) is 4.18. The third-order valence-electron chi connectivity index (χ3n) is 5.40. The van der Waals surface area contributed by atoms with Crippen LogP contribution in [0.15, 0.2) is 35.2 Å². The standard InChI is InChI=1S/C17H17NO5S/c1-2-24(22,23)11-5-6-13(19)12(8-11)18-16(20)14-9-3-4-10(7-9)15(14)17(18)21/h3-6,8-10,14-15,19H,2,7H2,1H3/t9-,10-,14-,15-/m0/s1. The number of hydrogen-bond acceptors (Lipinski definition) is 5. The average Bonchev–Trinajstić information content (AvgIpc) is 3.22. The summed E-state index contributed by atoms with van der Waals surface area (Å²) in [5.74, 6) is -1.72.